The molecule has 106 valence electrons. The summed E-state index contributed by atoms with van der Waals surface area (Å²) in [6.07, 6.45) is 4.68. The number of nitrogens with one attached hydrogen (secondary N) is 1. The van der Waals surface area contributed by atoms with Crippen molar-refractivity contribution in [1.82, 2.24) is 5.32 Å². The van der Waals surface area contributed by atoms with Gasteiger partial charge in [0.15, 0.2) is 0 Å². The Morgan fingerprint density at radius 3 is 2.89 bits per heavy atom. The Hall–Kier alpha value is -0.280. The Morgan fingerprint density at radius 2 is 2.21 bits per heavy atom. The molecule has 0 radical (unpaired) electrons. The lowest BCUT2D eigenvalue weighted by molar-refractivity contribution is -0.00708. The van der Waals surface area contributed by atoms with Crippen LogP contribution in [-0.4, -0.2) is 25.3 Å². The summed E-state index contributed by atoms with van der Waals surface area (Å²) in [5, 5.41) is 5.04. The minimum absolute atomic E-state index is 0.281. The third kappa shape index (κ3) is 4.35. The van der Waals surface area contributed by atoms with Gasteiger partial charge in [-0.05, 0) is 56.0 Å². The third-order valence-corrected chi connectivity index (χ3v) is 4.18. The van der Waals surface area contributed by atoms with Crippen LogP contribution in [0.25, 0.3) is 0 Å². The molecule has 1 aromatic rings. The van der Waals surface area contributed by atoms with Gasteiger partial charge in [-0.1, -0.05) is 30.1 Å². The molecule has 1 aromatic carbocycles. The van der Waals surface area contributed by atoms with Gasteiger partial charge in [0.25, 0.3) is 0 Å². The van der Waals surface area contributed by atoms with Crippen LogP contribution >= 0.6 is 23.2 Å². The first kappa shape index (κ1) is 15.1. The fourth-order valence-corrected chi connectivity index (χ4v) is 3.01. The first-order chi connectivity index (χ1) is 9.20. The van der Waals surface area contributed by atoms with Gasteiger partial charge in [0.05, 0.1) is 6.10 Å². The van der Waals surface area contributed by atoms with E-state index in [0.717, 1.165) is 41.6 Å². The van der Waals surface area contributed by atoms with E-state index in [1.165, 1.54) is 12.8 Å². The Labute approximate surface area is 125 Å². The summed E-state index contributed by atoms with van der Waals surface area (Å²) < 4.78 is 5.90. The van der Waals surface area contributed by atoms with Crippen molar-refractivity contribution in [3.63, 3.8) is 0 Å². The summed E-state index contributed by atoms with van der Waals surface area (Å²) >= 11 is 12.3. The highest BCUT2D eigenvalue weighted by Gasteiger charge is 2.24. The average molecular weight is 302 g/mol. The fourth-order valence-electron chi connectivity index (χ4n) is 2.62. The van der Waals surface area contributed by atoms with Gasteiger partial charge in [0.1, 0.15) is 0 Å². The number of hydrogen-bond donors (Lipinski definition) is 1. The molecule has 2 atom stereocenters. The predicted molar refractivity (Wildman–Crippen MR) is 81.2 cm³/mol. The standard InChI is InChI=1S/C15H21Cl2NO/c1-2-18-14(15-5-3-4-8-19-15)10-11-9-12(16)6-7-13(11)17/h6-7,9,14-15,18H,2-5,8,10H2,1H3. The first-order valence-corrected chi connectivity index (χ1v) is 7.75. The van der Waals surface area contributed by atoms with Crippen LogP contribution in [0.4, 0.5) is 0 Å². The molecule has 0 bridgehead atoms. The van der Waals surface area contributed by atoms with Gasteiger partial charge in [-0.15, -0.1) is 0 Å². The summed E-state index contributed by atoms with van der Waals surface area (Å²) in [6, 6.07) is 5.95. The Morgan fingerprint density at radius 1 is 1.37 bits per heavy atom. The second-order valence-corrected chi connectivity index (χ2v) is 5.85. The predicted octanol–water partition coefficient (Wildman–Crippen LogP) is 4.08. The Balaban J connectivity index is 2.08. The van der Waals surface area contributed by atoms with Crippen molar-refractivity contribution in [2.24, 2.45) is 0 Å². The fraction of sp³-hybridized carbons (Fsp3) is 0.600. The van der Waals surface area contributed by atoms with Crippen LogP contribution in [0.3, 0.4) is 0 Å². The van der Waals surface area contributed by atoms with Crippen LogP contribution in [0, 0.1) is 0 Å². The quantitative estimate of drug-likeness (QED) is 0.885. The molecular formula is C15H21Cl2NO. The van der Waals surface area contributed by atoms with Gasteiger partial charge >= 0.3 is 0 Å². The highest BCUT2D eigenvalue weighted by atomic mass is 35.5. The van der Waals surface area contributed by atoms with Gasteiger partial charge in [0, 0.05) is 22.7 Å². The van der Waals surface area contributed by atoms with Crippen molar-refractivity contribution >= 4 is 23.2 Å². The van der Waals surface area contributed by atoms with E-state index < -0.39 is 0 Å². The van der Waals surface area contributed by atoms with Crippen LogP contribution in [0.5, 0.6) is 0 Å². The van der Waals surface area contributed by atoms with Crippen LogP contribution < -0.4 is 5.32 Å². The van der Waals surface area contributed by atoms with E-state index in [1.807, 2.05) is 18.2 Å². The van der Waals surface area contributed by atoms with E-state index in [1.54, 1.807) is 0 Å². The zero-order valence-electron chi connectivity index (χ0n) is 11.3. The lowest BCUT2D eigenvalue weighted by Gasteiger charge is -2.31. The molecule has 4 heteroatoms. The molecule has 2 nitrogen and oxygen atoms in total. The van der Waals surface area contributed by atoms with E-state index in [-0.39, 0.29) is 6.10 Å². The van der Waals surface area contributed by atoms with E-state index in [0.29, 0.717) is 6.04 Å². The number of halogens is 2. The number of benzene rings is 1. The third-order valence-electron chi connectivity index (χ3n) is 3.58. The SMILES string of the molecule is CCNC(Cc1cc(Cl)ccc1Cl)C1CCCCO1. The van der Waals surface area contributed by atoms with Crippen molar-refractivity contribution in [2.45, 2.75) is 44.8 Å². The molecule has 0 saturated carbocycles. The highest BCUT2D eigenvalue weighted by molar-refractivity contribution is 6.33. The molecule has 1 heterocycles. The van der Waals surface area contributed by atoms with Gasteiger partial charge < -0.3 is 10.1 Å². The van der Waals surface area contributed by atoms with E-state index in [4.69, 9.17) is 27.9 Å². The summed E-state index contributed by atoms with van der Waals surface area (Å²) in [4.78, 5) is 0. The molecule has 0 spiro atoms. The van der Waals surface area contributed by atoms with E-state index in [2.05, 4.69) is 12.2 Å². The number of likely N-dealkylation sites (N-methyl/N-ethyl adjacent to an activating group) is 1. The molecular weight excluding hydrogens is 281 g/mol. The Bertz CT molecular complexity index is 405. The first-order valence-electron chi connectivity index (χ1n) is 6.99. The largest absolute Gasteiger partial charge is 0.377 e. The van der Waals surface area contributed by atoms with Gasteiger partial charge in [-0.25, -0.2) is 0 Å². The smallest absolute Gasteiger partial charge is 0.0731 e. The summed E-state index contributed by atoms with van der Waals surface area (Å²) in [7, 11) is 0. The van der Waals surface area contributed by atoms with Crippen molar-refractivity contribution in [3.05, 3.63) is 33.8 Å². The van der Waals surface area contributed by atoms with Gasteiger partial charge in [-0.2, -0.15) is 0 Å². The van der Waals surface area contributed by atoms with Crippen LogP contribution in [0.15, 0.2) is 18.2 Å². The highest BCUT2D eigenvalue weighted by Crippen LogP contribution is 2.25. The van der Waals surface area contributed by atoms with Crippen molar-refractivity contribution in [2.75, 3.05) is 13.2 Å². The molecule has 2 unspecified atom stereocenters. The molecule has 1 fully saturated rings. The second kappa shape index (κ2) is 7.49. The number of ether oxygens (including phenoxy) is 1. The summed E-state index contributed by atoms with van der Waals surface area (Å²) in [5.41, 5.74) is 1.09. The van der Waals surface area contributed by atoms with Crippen molar-refractivity contribution < 1.29 is 4.74 Å². The van der Waals surface area contributed by atoms with Crippen molar-refractivity contribution in [3.8, 4) is 0 Å². The molecule has 1 aliphatic rings. The Kier molecular flexibility index (Phi) is 5.96. The second-order valence-electron chi connectivity index (χ2n) is 5.01. The average Bonchev–Trinajstić information content (AvgIpc) is 2.43. The van der Waals surface area contributed by atoms with E-state index in [9.17, 15) is 0 Å². The molecule has 1 N–H and O–H groups in total. The normalized spacial score (nSPS) is 21.3. The lowest BCUT2D eigenvalue weighted by atomic mass is 9.96. The van der Waals surface area contributed by atoms with Gasteiger partial charge in [0.2, 0.25) is 0 Å². The minimum Gasteiger partial charge on any atom is -0.377 e. The number of hydrogen-bond acceptors (Lipinski definition) is 2. The molecule has 2 rings (SSSR count). The number of rotatable bonds is 5. The molecule has 1 saturated heterocycles. The monoisotopic (exact) mass is 301 g/mol. The van der Waals surface area contributed by atoms with Crippen LogP contribution in [0.1, 0.15) is 31.7 Å². The molecule has 0 amide bonds. The van der Waals surface area contributed by atoms with Crippen molar-refractivity contribution in [1.29, 1.82) is 0 Å². The lowest BCUT2D eigenvalue weighted by Crippen LogP contribution is -2.44. The molecule has 0 aliphatic carbocycles. The molecule has 19 heavy (non-hydrogen) atoms. The zero-order valence-corrected chi connectivity index (χ0v) is 12.8. The molecule has 0 aromatic heterocycles. The maximum atomic E-state index is 6.25. The maximum Gasteiger partial charge on any atom is 0.0731 e. The zero-order chi connectivity index (χ0) is 13.7. The van der Waals surface area contributed by atoms with Crippen LogP contribution in [-0.2, 0) is 11.2 Å². The summed E-state index contributed by atoms with van der Waals surface area (Å²) in [5.74, 6) is 0. The molecule has 1 aliphatic heterocycles. The van der Waals surface area contributed by atoms with Gasteiger partial charge in [-0.3, -0.25) is 0 Å². The maximum absolute atomic E-state index is 6.25. The topological polar surface area (TPSA) is 21.3 Å². The van der Waals surface area contributed by atoms with E-state index >= 15 is 0 Å². The minimum atomic E-state index is 0.281. The summed E-state index contributed by atoms with van der Waals surface area (Å²) in [6.45, 7) is 3.92. The van der Waals surface area contributed by atoms with Crippen LogP contribution in [0.2, 0.25) is 10.0 Å².